The summed E-state index contributed by atoms with van der Waals surface area (Å²) in [6.45, 7) is 3.72. The normalized spacial score (nSPS) is 23.1. The number of benzene rings is 1. The summed E-state index contributed by atoms with van der Waals surface area (Å²) in [7, 11) is 1.87. The molecule has 144 valence electrons. The second kappa shape index (κ2) is 8.13. The Kier molecular flexibility index (Phi) is 5.43. The van der Waals surface area contributed by atoms with Crippen molar-refractivity contribution in [3.63, 3.8) is 0 Å². The van der Waals surface area contributed by atoms with E-state index in [0.29, 0.717) is 11.8 Å². The summed E-state index contributed by atoms with van der Waals surface area (Å²) >= 11 is 0. The Morgan fingerprint density at radius 3 is 2.74 bits per heavy atom. The van der Waals surface area contributed by atoms with Crippen molar-refractivity contribution in [3.05, 3.63) is 48.4 Å². The average Bonchev–Trinajstić information content (AvgIpc) is 3.02. The molecule has 1 amide bonds. The third-order valence-corrected chi connectivity index (χ3v) is 5.82. The first-order chi connectivity index (χ1) is 13.2. The number of aryl methyl sites for hydroxylation is 2. The Morgan fingerprint density at radius 2 is 2.04 bits per heavy atom. The number of carbonyl (C=O) groups is 1. The second-order valence-corrected chi connectivity index (χ2v) is 7.78. The van der Waals surface area contributed by atoms with E-state index in [0.717, 1.165) is 57.3 Å². The Labute approximate surface area is 160 Å². The molecular weight excluding hydrogens is 340 g/mol. The fraction of sp³-hybridized carbons (Fsp3) is 0.524. The highest BCUT2D eigenvalue weighted by molar-refractivity contribution is 5.70. The lowest BCUT2D eigenvalue weighted by atomic mass is 10.1. The second-order valence-electron chi connectivity index (χ2n) is 7.78. The molecule has 2 aromatic rings. The molecule has 27 heavy (non-hydrogen) atoms. The monoisotopic (exact) mass is 368 g/mol. The van der Waals surface area contributed by atoms with Crippen LogP contribution in [0.2, 0.25) is 0 Å². The van der Waals surface area contributed by atoms with E-state index >= 15 is 0 Å². The van der Waals surface area contributed by atoms with Gasteiger partial charge in [0.25, 0.3) is 0 Å². The minimum atomic E-state index is -0.272. The summed E-state index contributed by atoms with van der Waals surface area (Å²) in [5.74, 6) is 2.46. The molecule has 2 unspecified atom stereocenters. The van der Waals surface area contributed by atoms with Crippen molar-refractivity contribution in [2.45, 2.75) is 19.3 Å². The smallest absolute Gasteiger partial charge is 0.389 e. The first-order valence-corrected chi connectivity index (χ1v) is 9.90. The van der Waals surface area contributed by atoms with Gasteiger partial charge in [0.1, 0.15) is 0 Å². The average molecular weight is 368 g/mol. The van der Waals surface area contributed by atoms with Crippen LogP contribution in [0, 0.1) is 17.8 Å². The first-order valence-electron chi connectivity index (χ1n) is 9.90. The Hall–Kier alpha value is -2.34. The van der Waals surface area contributed by atoms with Gasteiger partial charge in [0.15, 0.2) is 0 Å². The number of nitrogens with zero attached hydrogens (tertiary/aromatic N) is 3. The first kappa shape index (κ1) is 18.0. The number of hydrogen-bond acceptors (Lipinski definition) is 4. The van der Waals surface area contributed by atoms with Gasteiger partial charge in [-0.1, -0.05) is 30.3 Å². The predicted octanol–water partition coefficient (Wildman–Crippen LogP) is 2.71. The minimum Gasteiger partial charge on any atom is -0.389 e. The van der Waals surface area contributed by atoms with Crippen LogP contribution >= 0.6 is 0 Å². The molecule has 1 aliphatic heterocycles. The fourth-order valence-electron chi connectivity index (χ4n) is 4.20. The van der Waals surface area contributed by atoms with Crippen LogP contribution in [0.4, 0.5) is 4.79 Å². The highest BCUT2D eigenvalue weighted by atomic mass is 16.6. The predicted molar refractivity (Wildman–Crippen MR) is 104 cm³/mol. The largest absolute Gasteiger partial charge is 0.416 e. The number of rotatable bonds is 8. The van der Waals surface area contributed by atoms with Crippen molar-refractivity contribution < 1.29 is 9.53 Å². The number of carbonyl (C=O) groups excluding carboxylic acids is 1. The number of piperidine rings is 1. The highest BCUT2D eigenvalue weighted by Crippen LogP contribution is 2.48. The maximum absolute atomic E-state index is 12.7. The van der Waals surface area contributed by atoms with Gasteiger partial charge < -0.3 is 19.5 Å². The van der Waals surface area contributed by atoms with Crippen LogP contribution in [0.25, 0.3) is 0 Å². The van der Waals surface area contributed by atoms with Crippen LogP contribution in [-0.4, -0.2) is 46.7 Å². The number of imidazole rings is 1. The van der Waals surface area contributed by atoms with Gasteiger partial charge in [-0.3, -0.25) is 0 Å². The molecule has 1 saturated carbocycles. The van der Waals surface area contributed by atoms with Crippen molar-refractivity contribution >= 4 is 6.09 Å². The number of unbranched alkanes of at least 4 members (excludes halogenated alkanes) is 1. The fourth-order valence-corrected chi connectivity index (χ4v) is 4.20. The maximum atomic E-state index is 12.7. The van der Waals surface area contributed by atoms with E-state index in [1.807, 2.05) is 18.0 Å². The van der Waals surface area contributed by atoms with E-state index in [9.17, 15) is 4.79 Å². The number of amides is 1. The summed E-state index contributed by atoms with van der Waals surface area (Å²) < 4.78 is 7.28. The molecule has 0 radical (unpaired) electrons. The molecule has 2 heterocycles. The molecule has 1 aliphatic carbocycles. The van der Waals surface area contributed by atoms with E-state index in [1.54, 1.807) is 17.1 Å². The number of fused-ring (bicyclic) bond motifs is 1. The quantitative estimate of drug-likeness (QED) is 0.728. The SMILES string of the molecule is Cn1cnc(OC(=O)N(CCCCc2ccccc2)CC2C3CNCC32)c1. The number of ether oxygens (including phenoxy) is 1. The van der Waals surface area contributed by atoms with Gasteiger partial charge in [-0.15, -0.1) is 0 Å². The van der Waals surface area contributed by atoms with Gasteiger partial charge >= 0.3 is 6.09 Å². The zero-order valence-corrected chi connectivity index (χ0v) is 15.9. The summed E-state index contributed by atoms with van der Waals surface area (Å²) in [5, 5.41) is 3.42. The van der Waals surface area contributed by atoms with Crippen molar-refractivity contribution in [1.82, 2.24) is 19.8 Å². The molecule has 1 aromatic carbocycles. The molecule has 2 atom stereocenters. The van der Waals surface area contributed by atoms with Crippen LogP contribution in [0.15, 0.2) is 42.9 Å². The molecule has 1 N–H and O–H groups in total. The van der Waals surface area contributed by atoms with Crippen molar-refractivity contribution in [2.75, 3.05) is 26.2 Å². The van der Waals surface area contributed by atoms with E-state index in [1.165, 1.54) is 5.56 Å². The molecule has 6 heteroatoms. The topological polar surface area (TPSA) is 59.4 Å². The number of aromatic nitrogens is 2. The molecule has 0 spiro atoms. The highest BCUT2D eigenvalue weighted by Gasteiger charge is 2.53. The summed E-state index contributed by atoms with van der Waals surface area (Å²) in [6, 6.07) is 10.5. The van der Waals surface area contributed by atoms with Crippen LogP contribution < -0.4 is 10.1 Å². The zero-order valence-electron chi connectivity index (χ0n) is 15.9. The molecule has 6 nitrogen and oxygen atoms in total. The Morgan fingerprint density at radius 1 is 1.26 bits per heavy atom. The Balaban J connectivity index is 1.30. The molecule has 1 aromatic heterocycles. The van der Waals surface area contributed by atoms with Crippen molar-refractivity contribution in [2.24, 2.45) is 24.8 Å². The van der Waals surface area contributed by atoms with Gasteiger partial charge in [0.05, 0.1) is 12.5 Å². The molecular formula is C21H28N4O2. The minimum absolute atomic E-state index is 0.272. The lowest BCUT2D eigenvalue weighted by Crippen LogP contribution is -2.37. The van der Waals surface area contributed by atoms with Crippen molar-refractivity contribution in [1.29, 1.82) is 0 Å². The van der Waals surface area contributed by atoms with Crippen molar-refractivity contribution in [3.8, 4) is 5.88 Å². The van der Waals surface area contributed by atoms with Crippen LogP contribution in [0.3, 0.4) is 0 Å². The molecule has 1 saturated heterocycles. The van der Waals surface area contributed by atoms with Crippen LogP contribution in [0.1, 0.15) is 18.4 Å². The van der Waals surface area contributed by atoms with Gasteiger partial charge in [-0.25, -0.2) is 9.78 Å². The van der Waals surface area contributed by atoms with Gasteiger partial charge in [-0.05, 0) is 55.7 Å². The number of nitrogens with one attached hydrogen (secondary N) is 1. The van der Waals surface area contributed by atoms with Gasteiger partial charge in [0, 0.05) is 20.1 Å². The van der Waals surface area contributed by atoms with Crippen LogP contribution in [-0.2, 0) is 13.5 Å². The third kappa shape index (κ3) is 4.50. The van der Waals surface area contributed by atoms with Gasteiger partial charge in [0.2, 0.25) is 5.88 Å². The maximum Gasteiger partial charge on any atom is 0.416 e. The summed E-state index contributed by atoms with van der Waals surface area (Å²) in [4.78, 5) is 18.7. The molecule has 2 aliphatic rings. The Bertz CT molecular complexity index is 751. The van der Waals surface area contributed by atoms with Gasteiger partial charge in [-0.2, -0.15) is 0 Å². The van der Waals surface area contributed by atoms with E-state index in [-0.39, 0.29) is 6.09 Å². The summed E-state index contributed by atoms with van der Waals surface area (Å²) in [5.41, 5.74) is 1.35. The lowest BCUT2D eigenvalue weighted by Gasteiger charge is -2.22. The summed E-state index contributed by atoms with van der Waals surface area (Å²) in [6.07, 6.45) is 6.18. The molecule has 2 fully saturated rings. The van der Waals surface area contributed by atoms with E-state index < -0.39 is 0 Å². The lowest BCUT2D eigenvalue weighted by molar-refractivity contribution is 0.145. The van der Waals surface area contributed by atoms with Crippen LogP contribution in [0.5, 0.6) is 5.88 Å². The number of hydrogen-bond donors (Lipinski definition) is 1. The third-order valence-electron chi connectivity index (χ3n) is 5.82. The van der Waals surface area contributed by atoms with E-state index in [2.05, 4.69) is 34.6 Å². The molecule has 0 bridgehead atoms. The molecule has 4 rings (SSSR count). The standard InChI is InChI=1S/C21H28N4O2/c1-24-14-20(23-15-24)27-21(26)25(13-19-17-11-22-12-18(17)19)10-6-5-9-16-7-3-2-4-8-16/h2-4,7-8,14-15,17-19,22H,5-6,9-13H2,1H3. The van der Waals surface area contributed by atoms with E-state index in [4.69, 9.17) is 4.74 Å². The zero-order chi connectivity index (χ0) is 18.6.